The van der Waals surface area contributed by atoms with Crippen molar-refractivity contribution in [3.63, 3.8) is 0 Å². The van der Waals surface area contributed by atoms with Gasteiger partial charge in [-0.25, -0.2) is 4.39 Å². The lowest BCUT2D eigenvalue weighted by Gasteiger charge is -2.14. The molecule has 0 bridgehead atoms. The number of nitrogens with one attached hydrogen (secondary N) is 1. The number of benzene rings is 1. The number of halogens is 1. The Morgan fingerprint density at radius 2 is 2.17 bits per heavy atom. The summed E-state index contributed by atoms with van der Waals surface area (Å²) in [6.07, 6.45) is 0.149. The molecule has 0 heterocycles. The Morgan fingerprint density at radius 1 is 1.50 bits per heavy atom. The monoisotopic (exact) mass is 254 g/mol. The second-order valence-corrected chi connectivity index (χ2v) is 4.01. The number of amides is 1. The minimum Gasteiger partial charge on any atom is -0.480 e. The van der Waals surface area contributed by atoms with Crippen molar-refractivity contribution in [1.82, 2.24) is 5.32 Å². The van der Waals surface area contributed by atoms with Crippen LogP contribution in [0.25, 0.3) is 0 Å². The Labute approximate surface area is 104 Å². The number of nitrogens with two attached hydrogens (primary N) is 1. The molecule has 0 spiro atoms. The summed E-state index contributed by atoms with van der Waals surface area (Å²) in [6.45, 7) is 1.34. The number of carboxylic acids is 1. The molecule has 18 heavy (non-hydrogen) atoms. The Bertz CT molecular complexity index is 451. The van der Waals surface area contributed by atoms with E-state index in [1.807, 2.05) is 0 Å². The van der Waals surface area contributed by atoms with Crippen LogP contribution in [-0.2, 0) is 16.0 Å². The van der Waals surface area contributed by atoms with Crippen LogP contribution < -0.4 is 11.1 Å². The molecular formula is C12H15FN2O3. The third-order valence-corrected chi connectivity index (χ3v) is 2.41. The molecule has 1 aromatic carbocycles. The fourth-order valence-electron chi connectivity index (χ4n) is 1.39. The topological polar surface area (TPSA) is 92.4 Å². The number of carbonyl (C=O) groups is 2. The summed E-state index contributed by atoms with van der Waals surface area (Å²) >= 11 is 0. The van der Waals surface area contributed by atoms with Crippen LogP contribution in [0.15, 0.2) is 24.3 Å². The van der Waals surface area contributed by atoms with Gasteiger partial charge in [-0.2, -0.15) is 0 Å². The zero-order valence-electron chi connectivity index (χ0n) is 9.89. The SMILES string of the molecule is C[C@H](NC(=O)[C@H](N)Cc1cccc(F)c1)C(=O)O. The lowest BCUT2D eigenvalue weighted by Crippen LogP contribution is -2.48. The maximum absolute atomic E-state index is 12.9. The lowest BCUT2D eigenvalue weighted by atomic mass is 10.1. The number of rotatable bonds is 5. The summed E-state index contributed by atoms with van der Waals surface area (Å²) < 4.78 is 12.9. The molecule has 1 aromatic rings. The summed E-state index contributed by atoms with van der Waals surface area (Å²) in [5, 5.41) is 10.9. The van der Waals surface area contributed by atoms with Crippen LogP contribution >= 0.6 is 0 Å². The molecular weight excluding hydrogens is 239 g/mol. The van der Waals surface area contributed by atoms with E-state index in [0.29, 0.717) is 5.56 Å². The molecule has 0 fully saturated rings. The number of hydrogen-bond donors (Lipinski definition) is 3. The van der Waals surface area contributed by atoms with Gasteiger partial charge in [-0.3, -0.25) is 9.59 Å². The van der Waals surface area contributed by atoms with Crippen LogP contribution in [0.2, 0.25) is 0 Å². The van der Waals surface area contributed by atoms with Crippen molar-refractivity contribution >= 4 is 11.9 Å². The van der Waals surface area contributed by atoms with Gasteiger partial charge in [0, 0.05) is 0 Å². The number of carbonyl (C=O) groups excluding carboxylic acids is 1. The Kier molecular flexibility index (Phi) is 4.79. The normalized spacial score (nSPS) is 13.7. The molecule has 2 atom stereocenters. The molecule has 0 aliphatic rings. The van der Waals surface area contributed by atoms with Crippen LogP contribution in [0, 0.1) is 5.82 Å². The van der Waals surface area contributed by atoms with Gasteiger partial charge in [0.05, 0.1) is 6.04 Å². The van der Waals surface area contributed by atoms with E-state index in [4.69, 9.17) is 10.8 Å². The van der Waals surface area contributed by atoms with Gasteiger partial charge >= 0.3 is 5.97 Å². The molecule has 0 radical (unpaired) electrons. The molecule has 5 nitrogen and oxygen atoms in total. The average Bonchev–Trinajstić information content (AvgIpc) is 2.28. The highest BCUT2D eigenvalue weighted by atomic mass is 19.1. The van der Waals surface area contributed by atoms with E-state index in [-0.39, 0.29) is 6.42 Å². The van der Waals surface area contributed by atoms with Gasteiger partial charge in [-0.1, -0.05) is 12.1 Å². The predicted octanol–water partition coefficient (Wildman–Crippen LogP) is 0.285. The lowest BCUT2D eigenvalue weighted by molar-refractivity contribution is -0.141. The van der Waals surface area contributed by atoms with Gasteiger partial charge in [-0.05, 0) is 31.0 Å². The molecule has 0 aliphatic carbocycles. The molecule has 98 valence electrons. The Hall–Kier alpha value is -1.95. The van der Waals surface area contributed by atoms with Crippen LogP contribution in [0.5, 0.6) is 0 Å². The third-order valence-electron chi connectivity index (χ3n) is 2.41. The van der Waals surface area contributed by atoms with Crippen molar-refractivity contribution in [2.24, 2.45) is 5.73 Å². The van der Waals surface area contributed by atoms with E-state index in [1.54, 1.807) is 6.07 Å². The van der Waals surface area contributed by atoms with E-state index in [2.05, 4.69) is 5.32 Å². The van der Waals surface area contributed by atoms with Crippen molar-refractivity contribution in [2.45, 2.75) is 25.4 Å². The van der Waals surface area contributed by atoms with E-state index in [0.717, 1.165) is 0 Å². The highest BCUT2D eigenvalue weighted by Crippen LogP contribution is 2.05. The Balaban J connectivity index is 2.57. The fourth-order valence-corrected chi connectivity index (χ4v) is 1.39. The molecule has 0 saturated carbocycles. The van der Waals surface area contributed by atoms with Crippen molar-refractivity contribution in [2.75, 3.05) is 0 Å². The van der Waals surface area contributed by atoms with Crippen LogP contribution in [0.3, 0.4) is 0 Å². The van der Waals surface area contributed by atoms with Gasteiger partial charge in [0.15, 0.2) is 0 Å². The van der Waals surface area contributed by atoms with Crippen LogP contribution in [0.4, 0.5) is 4.39 Å². The first-order valence-corrected chi connectivity index (χ1v) is 5.43. The molecule has 0 aromatic heterocycles. The highest BCUT2D eigenvalue weighted by Gasteiger charge is 2.19. The summed E-state index contributed by atoms with van der Waals surface area (Å²) in [6, 6.07) is 3.84. The molecule has 1 rings (SSSR count). The van der Waals surface area contributed by atoms with E-state index < -0.39 is 29.8 Å². The first-order valence-electron chi connectivity index (χ1n) is 5.43. The van der Waals surface area contributed by atoms with Crippen molar-refractivity contribution in [3.8, 4) is 0 Å². The first kappa shape index (κ1) is 14.1. The molecule has 1 amide bonds. The number of aliphatic carboxylic acids is 1. The van der Waals surface area contributed by atoms with Gasteiger partial charge in [0.1, 0.15) is 11.9 Å². The molecule has 6 heteroatoms. The van der Waals surface area contributed by atoms with Gasteiger partial charge in [0.2, 0.25) is 5.91 Å². The minimum absolute atomic E-state index is 0.149. The summed E-state index contributed by atoms with van der Waals surface area (Å²) in [4.78, 5) is 22.1. The zero-order valence-corrected chi connectivity index (χ0v) is 9.89. The number of hydrogen-bond acceptors (Lipinski definition) is 3. The smallest absolute Gasteiger partial charge is 0.325 e. The second kappa shape index (κ2) is 6.11. The average molecular weight is 254 g/mol. The first-order chi connectivity index (χ1) is 8.40. The van der Waals surface area contributed by atoms with Gasteiger partial charge in [0.25, 0.3) is 0 Å². The van der Waals surface area contributed by atoms with E-state index in [9.17, 15) is 14.0 Å². The maximum atomic E-state index is 12.9. The van der Waals surface area contributed by atoms with E-state index >= 15 is 0 Å². The maximum Gasteiger partial charge on any atom is 0.325 e. The minimum atomic E-state index is -1.14. The van der Waals surface area contributed by atoms with Crippen LogP contribution in [0.1, 0.15) is 12.5 Å². The summed E-state index contributed by atoms with van der Waals surface area (Å²) in [5.74, 6) is -2.12. The predicted molar refractivity (Wildman–Crippen MR) is 63.3 cm³/mol. The molecule has 4 N–H and O–H groups in total. The zero-order chi connectivity index (χ0) is 13.7. The largest absolute Gasteiger partial charge is 0.480 e. The molecule has 0 unspecified atom stereocenters. The van der Waals surface area contributed by atoms with Gasteiger partial charge in [-0.15, -0.1) is 0 Å². The van der Waals surface area contributed by atoms with Gasteiger partial charge < -0.3 is 16.2 Å². The standard InChI is InChI=1S/C12H15FN2O3/c1-7(12(17)18)15-11(16)10(14)6-8-3-2-4-9(13)5-8/h2-5,7,10H,6,14H2,1H3,(H,15,16)(H,17,18)/t7-,10+/m0/s1. The summed E-state index contributed by atoms with van der Waals surface area (Å²) in [5.41, 5.74) is 6.20. The summed E-state index contributed by atoms with van der Waals surface area (Å²) in [7, 11) is 0. The van der Waals surface area contributed by atoms with Crippen LogP contribution in [-0.4, -0.2) is 29.1 Å². The quantitative estimate of drug-likeness (QED) is 0.704. The molecule has 0 saturated heterocycles. The van der Waals surface area contributed by atoms with Crippen molar-refractivity contribution < 1.29 is 19.1 Å². The number of carboxylic acid groups (broad SMARTS) is 1. The Morgan fingerprint density at radius 3 is 2.72 bits per heavy atom. The molecule has 0 aliphatic heterocycles. The fraction of sp³-hybridized carbons (Fsp3) is 0.333. The van der Waals surface area contributed by atoms with Crippen molar-refractivity contribution in [3.05, 3.63) is 35.6 Å². The third kappa shape index (κ3) is 4.14. The highest BCUT2D eigenvalue weighted by molar-refractivity contribution is 5.86. The van der Waals surface area contributed by atoms with Crippen molar-refractivity contribution in [1.29, 1.82) is 0 Å². The van der Waals surface area contributed by atoms with E-state index in [1.165, 1.54) is 25.1 Å². The second-order valence-electron chi connectivity index (χ2n) is 4.01.